The SMILES string of the molecule is O=C(COc1ccccc1[N+](=O)[O-])Oc1ccc2ccccc2c1Br. The molecule has 0 unspecified atom stereocenters. The maximum absolute atomic E-state index is 12.0. The normalized spacial score (nSPS) is 10.4. The number of esters is 1. The van der Waals surface area contributed by atoms with Crippen LogP contribution in [0, 0.1) is 10.1 Å². The van der Waals surface area contributed by atoms with Crippen molar-refractivity contribution in [3.8, 4) is 11.5 Å². The van der Waals surface area contributed by atoms with E-state index in [-0.39, 0.29) is 11.4 Å². The van der Waals surface area contributed by atoms with Crippen LogP contribution >= 0.6 is 15.9 Å². The molecule has 0 aliphatic carbocycles. The van der Waals surface area contributed by atoms with E-state index < -0.39 is 17.5 Å². The molecule has 0 saturated heterocycles. The number of carbonyl (C=O) groups is 1. The highest BCUT2D eigenvalue weighted by Gasteiger charge is 2.16. The van der Waals surface area contributed by atoms with E-state index in [1.807, 2.05) is 30.3 Å². The van der Waals surface area contributed by atoms with Crippen molar-refractivity contribution in [1.82, 2.24) is 0 Å². The second-order valence-corrected chi connectivity index (χ2v) is 5.88. The highest BCUT2D eigenvalue weighted by Crippen LogP contribution is 2.33. The van der Waals surface area contributed by atoms with E-state index in [1.165, 1.54) is 18.2 Å². The predicted octanol–water partition coefficient (Wildman–Crippen LogP) is 4.49. The van der Waals surface area contributed by atoms with Crippen LogP contribution in [0.15, 0.2) is 65.1 Å². The number of rotatable bonds is 5. The zero-order valence-electron chi connectivity index (χ0n) is 12.8. The topological polar surface area (TPSA) is 78.7 Å². The van der Waals surface area contributed by atoms with Crippen LogP contribution in [0.25, 0.3) is 10.8 Å². The van der Waals surface area contributed by atoms with Crippen molar-refractivity contribution in [2.75, 3.05) is 6.61 Å². The summed E-state index contributed by atoms with van der Waals surface area (Å²) in [5, 5.41) is 12.8. The largest absolute Gasteiger partial charge is 0.475 e. The summed E-state index contributed by atoms with van der Waals surface area (Å²) < 4.78 is 11.2. The molecule has 0 bridgehead atoms. The number of halogens is 1. The molecular formula is C18H12BrNO5. The fourth-order valence-electron chi connectivity index (χ4n) is 2.31. The summed E-state index contributed by atoms with van der Waals surface area (Å²) in [6, 6.07) is 17.0. The number of carbonyl (C=O) groups excluding carboxylic acids is 1. The van der Waals surface area contributed by atoms with Gasteiger partial charge < -0.3 is 9.47 Å². The van der Waals surface area contributed by atoms with E-state index >= 15 is 0 Å². The first-order valence-corrected chi connectivity index (χ1v) is 8.09. The summed E-state index contributed by atoms with van der Waals surface area (Å²) in [5.41, 5.74) is -0.206. The fraction of sp³-hybridized carbons (Fsp3) is 0.0556. The van der Waals surface area contributed by atoms with Crippen molar-refractivity contribution in [2.45, 2.75) is 0 Å². The summed E-state index contributed by atoms with van der Waals surface area (Å²) in [7, 11) is 0. The maximum atomic E-state index is 12.0. The third kappa shape index (κ3) is 3.77. The van der Waals surface area contributed by atoms with Crippen molar-refractivity contribution in [2.24, 2.45) is 0 Å². The second-order valence-electron chi connectivity index (χ2n) is 5.09. The fourth-order valence-corrected chi connectivity index (χ4v) is 2.89. The molecule has 3 rings (SSSR count). The Morgan fingerprint density at radius 2 is 1.72 bits per heavy atom. The van der Waals surface area contributed by atoms with Gasteiger partial charge in [-0.05, 0) is 38.8 Å². The van der Waals surface area contributed by atoms with Gasteiger partial charge in [-0.3, -0.25) is 10.1 Å². The third-order valence-corrected chi connectivity index (χ3v) is 4.28. The van der Waals surface area contributed by atoms with Crippen molar-refractivity contribution < 1.29 is 19.2 Å². The van der Waals surface area contributed by atoms with Gasteiger partial charge in [-0.1, -0.05) is 42.5 Å². The van der Waals surface area contributed by atoms with E-state index in [0.717, 1.165) is 10.8 Å². The average molecular weight is 402 g/mol. The molecule has 0 N–H and O–H groups in total. The van der Waals surface area contributed by atoms with Crippen LogP contribution in [0.2, 0.25) is 0 Å². The Kier molecular flexibility index (Phi) is 4.95. The highest BCUT2D eigenvalue weighted by atomic mass is 79.9. The molecule has 25 heavy (non-hydrogen) atoms. The van der Waals surface area contributed by atoms with E-state index in [0.29, 0.717) is 10.2 Å². The van der Waals surface area contributed by atoms with Gasteiger partial charge in [0.25, 0.3) is 0 Å². The molecule has 0 spiro atoms. The molecule has 0 aromatic heterocycles. The van der Waals surface area contributed by atoms with Crippen molar-refractivity contribution in [1.29, 1.82) is 0 Å². The van der Waals surface area contributed by atoms with Crippen LogP contribution in [-0.4, -0.2) is 17.5 Å². The number of para-hydroxylation sites is 2. The van der Waals surface area contributed by atoms with Crippen LogP contribution in [0.4, 0.5) is 5.69 Å². The minimum absolute atomic E-state index is 0.0158. The minimum Gasteiger partial charge on any atom is -0.475 e. The van der Waals surface area contributed by atoms with Crippen molar-refractivity contribution in [3.05, 3.63) is 75.3 Å². The number of nitrogens with zero attached hydrogens (tertiary/aromatic N) is 1. The monoisotopic (exact) mass is 401 g/mol. The first-order chi connectivity index (χ1) is 12.1. The number of fused-ring (bicyclic) bond motifs is 1. The van der Waals surface area contributed by atoms with E-state index in [1.54, 1.807) is 12.1 Å². The van der Waals surface area contributed by atoms with Gasteiger partial charge in [0, 0.05) is 6.07 Å². The zero-order valence-corrected chi connectivity index (χ0v) is 14.4. The first kappa shape index (κ1) is 16.9. The Morgan fingerprint density at radius 3 is 2.52 bits per heavy atom. The summed E-state index contributed by atoms with van der Waals surface area (Å²) in [4.78, 5) is 22.4. The summed E-state index contributed by atoms with van der Waals surface area (Å²) >= 11 is 3.43. The van der Waals surface area contributed by atoms with Crippen molar-refractivity contribution in [3.63, 3.8) is 0 Å². The lowest BCUT2D eigenvalue weighted by Gasteiger charge is -2.10. The molecule has 7 heteroatoms. The van der Waals surface area contributed by atoms with Crippen LogP contribution in [-0.2, 0) is 4.79 Å². The van der Waals surface area contributed by atoms with Crippen LogP contribution in [0.1, 0.15) is 0 Å². The standard InChI is InChI=1S/C18H12BrNO5/c19-18-13-6-2-1-5-12(13)9-10-16(18)25-17(21)11-24-15-8-4-3-7-14(15)20(22)23/h1-10H,11H2. The van der Waals surface area contributed by atoms with Gasteiger partial charge in [-0.15, -0.1) is 0 Å². The molecule has 0 fully saturated rings. The third-order valence-electron chi connectivity index (χ3n) is 3.46. The molecule has 0 radical (unpaired) electrons. The Hall–Kier alpha value is -2.93. The highest BCUT2D eigenvalue weighted by molar-refractivity contribution is 9.10. The van der Waals surface area contributed by atoms with Crippen molar-refractivity contribution >= 4 is 38.4 Å². The van der Waals surface area contributed by atoms with Gasteiger partial charge in [0.05, 0.1) is 9.40 Å². The molecule has 126 valence electrons. The number of nitro groups is 1. The Balaban J connectivity index is 1.72. The lowest BCUT2D eigenvalue weighted by Crippen LogP contribution is -2.18. The molecule has 6 nitrogen and oxygen atoms in total. The number of hydrogen-bond donors (Lipinski definition) is 0. The Morgan fingerprint density at radius 1 is 1.00 bits per heavy atom. The van der Waals surface area contributed by atoms with Gasteiger partial charge in [0.1, 0.15) is 5.75 Å². The Bertz CT molecular complexity index is 957. The Labute approximate surface area is 151 Å². The van der Waals surface area contributed by atoms with Crippen LogP contribution < -0.4 is 9.47 Å². The van der Waals surface area contributed by atoms with Gasteiger partial charge in [0.15, 0.2) is 12.4 Å². The molecule has 0 aliphatic rings. The summed E-state index contributed by atoms with van der Waals surface area (Å²) in [6.07, 6.45) is 0. The molecule has 0 atom stereocenters. The molecule has 0 aliphatic heterocycles. The quantitative estimate of drug-likeness (QED) is 0.272. The minimum atomic E-state index is -0.658. The average Bonchev–Trinajstić information content (AvgIpc) is 2.63. The molecule has 0 amide bonds. The van der Waals surface area contributed by atoms with Gasteiger partial charge in [0.2, 0.25) is 0 Å². The van der Waals surface area contributed by atoms with E-state index in [2.05, 4.69) is 15.9 Å². The van der Waals surface area contributed by atoms with Gasteiger partial charge >= 0.3 is 11.7 Å². The lowest BCUT2D eigenvalue weighted by molar-refractivity contribution is -0.385. The van der Waals surface area contributed by atoms with Gasteiger partial charge in [-0.2, -0.15) is 0 Å². The van der Waals surface area contributed by atoms with Crippen LogP contribution in [0.5, 0.6) is 11.5 Å². The smallest absolute Gasteiger partial charge is 0.349 e. The lowest BCUT2D eigenvalue weighted by atomic mass is 10.1. The second kappa shape index (κ2) is 7.31. The predicted molar refractivity (Wildman–Crippen MR) is 95.9 cm³/mol. The van der Waals surface area contributed by atoms with E-state index in [9.17, 15) is 14.9 Å². The molecule has 0 saturated carbocycles. The number of ether oxygens (including phenoxy) is 2. The number of nitro benzene ring substituents is 1. The first-order valence-electron chi connectivity index (χ1n) is 7.30. The summed E-state index contributed by atoms with van der Waals surface area (Å²) in [5.74, 6) is -0.286. The number of benzene rings is 3. The molecule has 3 aromatic rings. The molecule has 3 aromatic carbocycles. The van der Waals surface area contributed by atoms with E-state index in [4.69, 9.17) is 9.47 Å². The number of hydrogen-bond acceptors (Lipinski definition) is 5. The van der Waals surface area contributed by atoms with Gasteiger partial charge in [-0.25, -0.2) is 4.79 Å². The van der Waals surface area contributed by atoms with Crippen LogP contribution in [0.3, 0.4) is 0 Å². The molecular weight excluding hydrogens is 390 g/mol. The maximum Gasteiger partial charge on any atom is 0.349 e. The summed E-state index contributed by atoms with van der Waals surface area (Å²) in [6.45, 7) is -0.440. The molecule has 0 heterocycles. The zero-order chi connectivity index (χ0) is 17.8.